The molecular weight excluding hydrogens is 571 g/mol. The number of hydrogen-bond acceptors (Lipinski definition) is 4. The highest BCUT2D eigenvalue weighted by Gasteiger charge is 2.13. The first-order valence-electron chi connectivity index (χ1n) is 13.3. The fraction of sp³-hybridized carbons (Fsp3) is 0.219. The van der Waals surface area contributed by atoms with E-state index < -0.39 is 0 Å². The van der Waals surface area contributed by atoms with Crippen molar-refractivity contribution in [2.24, 2.45) is 5.10 Å². The molecule has 3 aromatic carbocycles. The van der Waals surface area contributed by atoms with Crippen LogP contribution < -0.4 is 10.3 Å². The summed E-state index contributed by atoms with van der Waals surface area (Å²) in [5, 5.41) is 5.15. The normalized spacial score (nSPS) is 11.5. The molecule has 0 unspecified atom stereocenters. The van der Waals surface area contributed by atoms with E-state index in [0.717, 1.165) is 40.0 Å². The van der Waals surface area contributed by atoms with E-state index in [2.05, 4.69) is 32.5 Å². The Bertz CT molecular complexity index is 1760. The van der Waals surface area contributed by atoms with Gasteiger partial charge in [-0.25, -0.2) is 9.37 Å². The van der Waals surface area contributed by atoms with Crippen molar-refractivity contribution in [3.05, 3.63) is 122 Å². The quantitative estimate of drug-likeness (QED) is 0.164. The molecule has 0 saturated heterocycles. The van der Waals surface area contributed by atoms with Crippen LogP contribution in [0.1, 0.15) is 48.1 Å². The fourth-order valence-corrected chi connectivity index (χ4v) is 5.08. The molecular formula is C32H30BrFN4O2. The summed E-state index contributed by atoms with van der Waals surface area (Å²) in [7, 11) is 0. The maximum absolute atomic E-state index is 13.9. The van der Waals surface area contributed by atoms with Crippen LogP contribution in [0.5, 0.6) is 5.75 Å². The zero-order valence-corrected chi connectivity index (χ0v) is 24.3. The first-order chi connectivity index (χ1) is 19.4. The predicted octanol–water partition coefficient (Wildman–Crippen LogP) is 7.51. The largest absolute Gasteiger partial charge is 0.489 e. The number of ether oxygens (including phenoxy) is 1. The maximum Gasteiger partial charge on any atom is 0.282 e. The van der Waals surface area contributed by atoms with Gasteiger partial charge in [0, 0.05) is 39.1 Å². The second kappa shape index (κ2) is 12.0. The predicted molar refractivity (Wildman–Crippen MR) is 161 cm³/mol. The first kappa shape index (κ1) is 27.5. The lowest BCUT2D eigenvalue weighted by Crippen LogP contribution is -2.22. The summed E-state index contributed by atoms with van der Waals surface area (Å²) in [5.74, 6) is 1.03. The molecule has 0 aliphatic heterocycles. The number of rotatable bonds is 9. The van der Waals surface area contributed by atoms with Gasteiger partial charge >= 0.3 is 0 Å². The molecule has 0 atom stereocenters. The van der Waals surface area contributed by atoms with Crippen LogP contribution in [-0.4, -0.2) is 20.4 Å². The van der Waals surface area contributed by atoms with Crippen molar-refractivity contribution >= 4 is 33.0 Å². The van der Waals surface area contributed by atoms with Crippen LogP contribution in [0, 0.1) is 19.7 Å². The summed E-state index contributed by atoms with van der Waals surface area (Å²) in [5.41, 5.74) is 4.88. The van der Waals surface area contributed by atoms with E-state index in [1.165, 1.54) is 10.7 Å². The number of halogens is 2. The molecule has 0 spiro atoms. The van der Waals surface area contributed by atoms with E-state index in [9.17, 15) is 9.18 Å². The molecule has 8 heteroatoms. The second-order valence-electron chi connectivity index (χ2n) is 9.69. The van der Waals surface area contributed by atoms with Crippen molar-refractivity contribution in [2.75, 3.05) is 0 Å². The van der Waals surface area contributed by atoms with Crippen LogP contribution in [0.3, 0.4) is 0 Å². The summed E-state index contributed by atoms with van der Waals surface area (Å²) >= 11 is 3.46. The van der Waals surface area contributed by atoms with Gasteiger partial charge in [-0.2, -0.15) is 9.78 Å². The summed E-state index contributed by atoms with van der Waals surface area (Å²) < 4.78 is 24.1. The third-order valence-electron chi connectivity index (χ3n) is 6.86. The Morgan fingerprint density at radius 1 is 1.05 bits per heavy atom. The number of benzene rings is 3. The molecule has 0 N–H and O–H groups in total. The van der Waals surface area contributed by atoms with Crippen LogP contribution in [0.4, 0.5) is 4.39 Å². The average molecular weight is 602 g/mol. The lowest BCUT2D eigenvalue weighted by atomic mass is 10.2. The van der Waals surface area contributed by atoms with Gasteiger partial charge in [-0.15, -0.1) is 0 Å². The molecule has 5 rings (SSSR count). The summed E-state index contributed by atoms with van der Waals surface area (Å²) in [6, 6.07) is 21.9. The van der Waals surface area contributed by atoms with Gasteiger partial charge in [0.2, 0.25) is 0 Å². The molecule has 5 aromatic rings. The van der Waals surface area contributed by atoms with Crippen molar-refractivity contribution in [1.29, 1.82) is 0 Å². The molecule has 2 heterocycles. The van der Waals surface area contributed by atoms with Crippen molar-refractivity contribution in [3.8, 4) is 11.4 Å². The zero-order chi connectivity index (χ0) is 28.2. The van der Waals surface area contributed by atoms with E-state index in [1.807, 2.05) is 56.3 Å². The number of unbranched alkanes of at least 4 members (excludes halogenated alkanes) is 1. The van der Waals surface area contributed by atoms with Crippen LogP contribution in [-0.2, 0) is 13.0 Å². The Hall–Kier alpha value is -4.04. The maximum atomic E-state index is 13.9. The standard InChI is InChI=1S/C32H30BrFN4O2/c1-4-5-10-31-36-30-16-11-25(33)18-28(30)32(39)38(31)35-19-24-17-21(2)37(22(24)3)26-12-14-27(15-13-26)40-20-23-8-6-7-9-29(23)34/h6-9,11-19H,4-5,10,20H2,1-3H3. The van der Waals surface area contributed by atoms with E-state index in [4.69, 9.17) is 9.72 Å². The SMILES string of the molecule is CCCCc1nc2ccc(Br)cc2c(=O)n1N=Cc1cc(C)n(-c2ccc(OCc3ccccc3F)cc2)c1C. The highest BCUT2D eigenvalue weighted by Crippen LogP contribution is 2.23. The van der Waals surface area contributed by atoms with E-state index in [1.54, 1.807) is 30.5 Å². The minimum absolute atomic E-state index is 0.161. The minimum atomic E-state index is -0.279. The highest BCUT2D eigenvalue weighted by atomic mass is 79.9. The smallest absolute Gasteiger partial charge is 0.282 e. The van der Waals surface area contributed by atoms with Crippen molar-refractivity contribution in [1.82, 2.24) is 14.2 Å². The fourth-order valence-electron chi connectivity index (χ4n) is 4.71. The molecule has 6 nitrogen and oxygen atoms in total. The van der Waals surface area contributed by atoms with Gasteiger partial charge in [0.1, 0.15) is 24.0 Å². The second-order valence-corrected chi connectivity index (χ2v) is 10.6. The Morgan fingerprint density at radius 2 is 1.82 bits per heavy atom. The van der Waals surface area contributed by atoms with Crippen LogP contribution in [0.25, 0.3) is 16.6 Å². The summed E-state index contributed by atoms with van der Waals surface area (Å²) in [6.07, 6.45) is 4.30. The molecule has 0 bridgehead atoms. The Kier molecular flexibility index (Phi) is 8.26. The molecule has 0 radical (unpaired) electrons. The van der Waals surface area contributed by atoms with Gasteiger partial charge in [0.05, 0.1) is 17.1 Å². The Labute approximate surface area is 240 Å². The van der Waals surface area contributed by atoms with Gasteiger partial charge in [-0.05, 0) is 74.9 Å². The highest BCUT2D eigenvalue weighted by molar-refractivity contribution is 9.10. The summed E-state index contributed by atoms with van der Waals surface area (Å²) in [4.78, 5) is 18.2. The molecule has 204 valence electrons. The van der Waals surface area contributed by atoms with Crippen LogP contribution in [0.15, 0.2) is 87.2 Å². The number of hydrogen-bond donors (Lipinski definition) is 0. The van der Waals surface area contributed by atoms with Crippen LogP contribution in [0.2, 0.25) is 0 Å². The number of fused-ring (bicyclic) bond motifs is 1. The van der Waals surface area contributed by atoms with Gasteiger partial charge in [-0.1, -0.05) is 47.5 Å². The van der Waals surface area contributed by atoms with E-state index in [0.29, 0.717) is 34.5 Å². The number of aryl methyl sites for hydroxylation is 2. The molecule has 0 saturated carbocycles. The average Bonchev–Trinajstić information content (AvgIpc) is 3.24. The number of nitrogens with zero attached hydrogens (tertiary/aromatic N) is 4. The lowest BCUT2D eigenvalue weighted by molar-refractivity contribution is 0.300. The molecule has 0 aliphatic rings. The third-order valence-corrected chi connectivity index (χ3v) is 7.35. The molecule has 2 aromatic heterocycles. The molecule has 0 aliphatic carbocycles. The van der Waals surface area contributed by atoms with Crippen molar-refractivity contribution < 1.29 is 9.13 Å². The summed E-state index contributed by atoms with van der Waals surface area (Å²) in [6.45, 7) is 6.32. The zero-order valence-electron chi connectivity index (χ0n) is 22.7. The van der Waals surface area contributed by atoms with Crippen molar-refractivity contribution in [2.45, 2.75) is 46.6 Å². The third kappa shape index (κ3) is 5.77. The van der Waals surface area contributed by atoms with E-state index in [-0.39, 0.29) is 18.0 Å². The van der Waals surface area contributed by atoms with Gasteiger partial charge < -0.3 is 9.30 Å². The van der Waals surface area contributed by atoms with Gasteiger partial charge in [0.15, 0.2) is 0 Å². The molecule has 0 fully saturated rings. The van der Waals surface area contributed by atoms with Gasteiger partial charge in [0.25, 0.3) is 5.56 Å². The molecule has 40 heavy (non-hydrogen) atoms. The van der Waals surface area contributed by atoms with Crippen molar-refractivity contribution in [3.63, 3.8) is 0 Å². The topological polar surface area (TPSA) is 61.4 Å². The first-order valence-corrected chi connectivity index (χ1v) is 14.1. The Balaban J connectivity index is 1.42. The number of aromatic nitrogens is 3. The monoisotopic (exact) mass is 600 g/mol. The Morgan fingerprint density at radius 3 is 2.58 bits per heavy atom. The minimum Gasteiger partial charge on any atom is -0.489 e. The van der Waals surface area contributed by atoms with E-state index >= 15 is 0 Å². The lowest BCUT2D eigenvalue weighted by Gasteiger charge is -2.12. The van der Waals surface area contributed by atoms with Gasteiger partial charge in [-0.3, -0.25) is 4.79 Å². The molecule has 0 amide bonds. The van der Waals surface area contributed by atoms with Crippen LogP contribution >= 0.6 is 15.9 Å².